The highest BCUT2D eigenvalue weighted by atomic mass is 35.5. The minimum absolute atomic E-state index is 0.0422. The van der Waals surface area contributed by atoms with Crippen molar-refractivity contribution in [3.63, 3.8) is 0 Å². The number of amides is 4. The number of carbonyl (C=O) groups excluding carboxylic acids is 5. The molecule has 3 aliphatic carbocycles. The third-order valence-corrected chi connectivity index (χ3v) is 14.9. The van der Waals surface area contributed by atoms with Crippen LogP contribution in [0, 0.1) is 23.2 Å². The van der Waals surface area contributed by atoms with Crippen molar-refractivity contribution in [3.05, 3.63) is 28.6 Å². The van der Waals surface area contributed by atoms with Gasteiger partial charge in [-0.3, -0.25) is 14.5 Å². The third-order valence-electron chi connectivity index (χ3n) is 13.8. The van der Waals surface area contributed by atoms with Crippen LogP contribution in [0.15, 0.2) is 23.6 Å². The number of nitrogens with one attached hydrogen (secondary N) is 3. The molecule has 8 rings (SSSR count). The van der Waals surface area contributed by atoms with Crippen LogP contribution >= 0.6 is 22.9 Å². The zero-order valence-corrected chi connectivity index (χ0v) is 43.4. The average molecular weight is 1010 g/mol. The summed E-state index contributed by atoms with van der Waals surface area (Å²) >= 11 is 8.63. The number of halogens is 1. The van der Waals surface area contributed by atoms with Crippen molar-refractivity contribution in [2.45, 2.75) is 148 Å². The van der Waals surface area contributed by atoms with E-state index >= 15 is 0 Å². The normalized spacial score (nSPS) is 26.5. The lowest BCUT2D eigenvalue weighted by atomic mass is 9.85. The van der Waals surface area contributed by atoms with Crippen molar-refractivity contribution in [2.75, 3.05) is 45.3 Å². The van der Waals surface area contributed by atoms with Crippen LogP contribution in [0.4, 0.5) is 14.7 Å². The third kappa shape index (κ3) is 11.3. The second kappa shape index (κ2) is 20.2. The quantitative estimate of drug-likeness (QED) is 0.0990. The number of hydrogen-bond donors (Lipinski definition) is 3. The summed E-state index contributed by atoms with van der Waals surface area (Å²) in [6.07, 6.45) is 1.76. The number of alkyl carbamates (subject to hydrolysis) is 1. The van der Waals surface area contributed by atoms with E-state index in [0.717, 1.165) is 19.3 Å². The van der Waals surface area contributed by atoms with Crippen molar-refractivity contribution < 1.29 is 52.4 Å². The van der Waals surface area contributed by atoms with Gasteiger partial charge in [0.05, 0.1) is 44.1 Å². The molecule has 5 aliphatic rings. The van der Waals surface area contributed by atoms with E-state index in [2.05, 4.69) is 16.0 Å². The first-order chi connectivity index (χ1) is 33.1. The van der Waals surface area contributed by atoms with Crippen LogP contribution in [0.3, 0.4) is 0 Å². The smallest absolute Gasteiger partial charge is 0.410 e. The molecule has 3 aromatic rings. The van der Waals surface area contributed by atoms with Gasteiger partial charge in [0, 0.05) is 35.8 Å². The van der Waals surface area contributed by atoms with Crippen molar-refractivity contribution in [1.82, 2.24) is 30.4 Å². The van der Waals surface area contributed by atoms with Crippen LogP contribution in [-0.2, 0) is 33.3 Å². The average Bonchev–Trinajstić information content (AvgIpc) is 3.96. The number of morpholine rings is 1. The molecule has 70 heavy (non-hydrogen) atoms. The van der Waals surface area contributed by atoms with Gasteiger partial charge in [-0.05, 0) is 95.6 Å². The molecule has 5 fully saturated rings. The maximum absolute atomic E-state index is 15.0. The second-order valence-electron chi connectivity index (χ2n) is 21.8. The number of thiazole rings is 1. The van der Waals surface area contributed by atoms with Gasteiger partial charge < -0.3 is 49.3 Å². The van der Waals surface area contributed by atoms with Gasteiger partial charge in [0.15, 0.2) is 5.13 Å². The lowest BCUT2D eigenvalue weighted by Crippen LogP contribution is -2.59. The van der Waals surface area contributed by atoms with E-state index in [-0.39, 0.29) is 49.3 Å². The predicted molar refractivity (Wildman–Crippen MR) is 263 cm³/mol. The zero-order valence-electron chi connectivity index (χ0n) is 41.8. The summed E-state index contributed by atoms with van der Waals surface area (Å²) in [4.78, 5) is 82.2. The first kappa shape index (κ1) is 51.2. The molecule has 2 saturated heterocycles. The van der Waals surface area contributed by atoms with Crippen molar-refractivity contribution in [1.29, 1.82) is 0 Å². The minimum Gasteiger partial charge on any atom is -0.490 e. The van der Waals surface area contributed by atoms with Gasteiger partial charge in [-0.15, -0.1) is 11.3 Å². The molecule has 3 saturated carbocycles. The molecule has 2 aromatic heterocycles. The van der Waals surface area contributed by atoms with Crippen molar-refractivity contribution in [3.8, 4) is 22.9 Å². The SMILES string of the molecule is CC[C@@H]1C[C@]1(NC(=O)[C@@H]1C[C@@H](Oc2cc(-c3csc(NC(C)C)n3)nc3c(Cl)c(OC[C@H]4COCCN4C(=O)OC(C)(C)C)ccc23)CN1C(=O)[C@@H](NC(=O)OC1C[C@@H]2C[C@@H]2C1)C(C)(C)C)C(=O)OC. The highest BCUT2D eigenvalue weighted by Crippen LogP contribution is 2.52. The van der Waals surface area contributed by atoms with Gasteiger partial charge in [-0.1, -0.05) is 45.7 Å². The van der Waals surface area contributed by atoms with Crippen LogP contribution in [0.5, 0.6) is 11.5 Å². The largest absolute Gasteiger partial charge is 0.490 e. The van der Waals surface area contributed by atoms with E-state index in [4.69, 9.17) is 50.0 Å². The number of methoxy groups -OCH3 is 1. The maximum Gasteiger partial charge on any atom is 0.410 e. The molecular weight excluding hydrogens is 942 g/mol. The number of carbonyl (C=O) groups is 5. The van der Waals surface area contributed by atoms with Crippen LogP contribution < -0.4 is 25.4 Å². The number of rotatable bonds is 15. The topological polar surface area (TPSA) is 209 Å². The lowest BCUT2D eigenvalue weighted by molar-refractivity contribution is -0.148. The number of anilines is 1. The lowest BCUT2D eigenvalue weighted by Gasteiger charge is -2.36. The Labute approximate surface area is 418 Å². The Bertz CT molecular complexity index is 2470. The van der Waals surface area contributed by atoms with Gasteiger partial charge in [-0.2, -0.15) is 0 Å². The fraction of sp³-hybridized carbons (Fsp3) is 0.660. The van der Waals surface area contributed by atoms with Gasteiger partial charge >= 0.3 is 18.2 Å². The molecule has 20 heteroatoms. The number of hydrogen-bond acceptors (Lipinski definition) is 15. The first-order valence-corrected chi connectivity index (χ1v) is 25.7. The Hall–Kier alpha value is -5.14. The Morgan fingerprint density at radius 1 is 0.971 bits per heavy atom. The number of pyridine rings is 1. The summed E-state index contributed by atoms with van der Waals surface area (Å²) in [5, 5.41) is 12.5. The van der Waals surface area contributed by atoms with Crippen LogP contribution in [0.25, 0.3) is 22.3 Å². The zero-order chi connectivity index (χ0) is 50.4. The molecule has 382 valence electrons. The fourth-order valence-corrected chi connectivity index (χ4v) is 11.1. The van der Waals surface area contributed by atoms with E-state index in [1.54, 1.807) is 23.1 Å². The van der Waals surface area contributed by atoms with Gasteiger partial charge in [0.25, 0.3) is 0 Å². The van der Waals surface area contributed by atoms with E-state index in [1.807, 2.05) is 67.7 Å². The van der Waals surface area contributed by atoms with Crippen molar-refractivity contribution >= 4 is 68.9 Å². The summed E-state index contributed by atoms with van der Waals surface area (Å²) in [5.74, 6) is 0.137. The Morgan fingerprint density at radius 2 is 1.71 bits per heavy atom. The summed E-state index contributed by atoms with van der Waals surface area (Å²) in [5.41, 5.74) is -1.36. The van der Waals surface area contributed by atoms with Crippen molar-refractivity contribution in [2.24, 2.45) is 23.2 Å². The minimum atomic E-state index is -1.22. The molecule has 0 bridgehead atoms. The highest BCUT2D eigenvalue weighted by Gasteiger charge is 2.62. The number of esters is 1. The predicted octanol–water partition coefficient (Wildman–Crippen LogP) is 7.59. The number of aromatic nitrogens is 2. The fourth-order valence-electron chi connectivity index (χ4n) is 9.98. The van der Waals surface area contributed by atoms with E-state index < -0.39 is 70.8 Å². The molecule has 3 N–H and O–H groups in total. The standard InChI is InChI=1S/C50H68ClN7O11S/c1-11-29-21-50(29,44(61)64-10)56-42(59)36-19-32(22-58(36)43(60)41(48(4,5)6)55-46(62)68-31-17-27-16-28(27)18-31)67-38-20-34(35-25-70-45(54-35)52-26(2)3)53-40-33(38)12-13-37(39(40)51)66-24-30-23-65-15-14-57(30)47(63)69-49(7,8)9/h12-13,20,25-32,36,41H,11,14-19,21-24H2,1-10H3,(H,52,54)(H,55,62)(H,56,59)/t27-,28+,29-,30-,31?,32-,36+,41-,50-/m1/s1. The van der Waals surface area contributed by atoms with Crippen LogP contribution in [0.2, 0.25) is 5.02 Å². The first-order valence-electron chi connectivity index (χ1n) is 24.5. The molecule has 9 atom stereocenters. The van der Waals surface area contributed by atoms with E-state index in [0.29, 0.717) is 76.8 Å². The molecule has 1 unspecified atom stereocenters. The summed E-state index contributed by atoms with van der Waals surface area (Å²) in [6, 6.07) is 2.73. The van der Waals surface area contributed by atoms with Gasteiger partial charge in [-0.25, -0.2) is 24.4 Å². The number of nitrogens with zero attached hydrogens (tertiary/aromatic N) is 4. The second-order valence-corrected chi connectivity index (χ2v) is 23.0. The van der Waals surface area contributed by atoms with E-state index in [1.165, 1.54) is 23.3 Å². The molecule has 2 aliphatic heterocycles. The van der Waals surface area contributed by atoms with Crippen LogP contribution in [0.1, 0.15) is 101 Å². The monoisotopic (exact) mass is 1010 g/mol. The summed E-state index contributed by atoms with van der Waals surface area (Å²) in [6.45, 7) is 17.9. The molecule has 1 aromatic carbocycles. The molecule has 0 radical (unpaired) electrons. The number of fused-ring (bicyclic) bond motifs is 2. The molecule has 4 amide bonds. The van der Waals surface area contributed by atoms with Crippen LogP contribution in [-0.4, -0.2) is 137 Å². The van der Waals surface area contributed by atoms with Gasteiger partial charge in [0.1, 0.15) is 64.3 Å². The highest BCUT2D eigenvalue weighted by molar-refractivity contribution is 7.14. The molecular formula is C50H68ClN7O11S. The molecule has 4 heterocycles. The van der Waals surface area contributed by atoms with Gasteiger partial charge in [0.2, 0.25) is 11.8 Å². The number of benzene rings is 1. The molecule has 0 spiro atoms. The Balaban J connectivity index is 1.10. The Morgan fingerprint density at radius 3 is 2.37 bits per heavy atom. The number of ether oxygens (including phenoxy) is 6. The summed E-state index contributed by atoms with van der Waals surface area (Å²) < 4.78 is 35.6. The molecule has 18 nitrogen and oxygen atoms in total. The van der Waals surface area contributed by atoms with E-state index in [9.17, 15) is 24.0 Å². The number of likely N-dealkylation sites (tertiary alicyclic amines) is 1. The maximum atomic E-state index is 15.0. The Kier molecular flexibility index (Phi) is 14.8. The summed E-state index contributed by atoms with van der Waals surface area (Å²) in [7, 11) is 1.29.